The van der Waals surface area contributed by atoms with Crippen LogP contribution in [0.1, 0.15) is 37.1 Å². The second-order valence-electron chi connectivity index (χ2n) is 8.29. The Hall–Kier alpha value is -3.11. The molecule has 0 radical (unpaired) electrons. The van der Waals surface area contributed by atoms with Crippen LogP contribution in [0, 0.1) is 5.92 Å². The zero-order chi connectivity index (χ0) is 25.3. The summed E-state index contributed by atoms with van der Waals surface area (Å²) in [5, 5.41) is 0. The third kappa shape index (κ3) is 5.68. The molecule has 2 atom stereocenters. The molecule has 5 nitrogen and oxygen atoms in total. The molecule has 0 saturated carbocycles. The number of urea groups is 1. The molecule has 34 heavy (non-hydrogen) atoms. The lowest BCUT2D eigenvalue weighted by molar-refractivity contribution is -0.141. The highest BCUT2D eigenvalue weighted by atomic mass is 19.4. The standard InChI is InChI=1S/C23H23F6N3O2/c1-3-14(2)19-13-31(17-7-8-20(30-11-17)23(27,28)29)21(34)32(19)12-18(33)10-15-5-4-6-16(9-15)22(24,25)26/h4-9,11,14,19H,3,10,12-13H2,1-2H3/t14?,19-/m1/s1. The highest BCUT2D eigenvalue weighted by molar-refractivity contribution is 5.97. The number of hydrogen-bond donors (Lipinski definition) is 0. The van der Waals surface area contributed by atoms with Gasteiger partial charge in [-0.2, -0.15) is 26.3 Å². The lowest BCUT2D eigenvalue weighted by atomic mass is 9.98. The molecule has 3 rings (SSSR count). The number of pyridine rings is 1. The first kappa shape index (κ1) is 25.5. The highest BCUT2D eigenvalue weighted by Crippen LogP contribution is 2.32. The number of aromatic nitrogens is 1. The van der Waals surface area contributed by atoms with Crippen molar-refractivity contribution in [2.24, 2.45) is 5.92 Å². The average molecular weight is 487 g/mol. The van der Waals surface area contributed by atoms with Crippen molar-refractivity contribution in [3.05, 3.63) is 59.4 Å². The molecular weight excluding hydrogens is 464 g/mol. The van der Waals surface area contributed by atoms with Crippen LogP contribution in [0.3, 0.4) is 0 Å². The van der Waals surface area contributed by atoms with Crippen LogP contribution in [0.25, 0.3) is 0 Å². The van der Waals surface area contributed by atoms with Crippen LogP contribution in [0.4, 0.5) is 36.8 Å². The molecule has 2 aromatic rings. The number of alkyl halides is 6. The molecule has 0 N–H and O–H groups in total. The van der Waals surface area contributed by atoms with E-state index in [1.54, 1.807) is 0 Å². The molecular formula is C23H23F6N3O2. The quantitative estimate of drug-likeness (QED) is 0.479. The van der Waals surface area contributed by atoms with Gasteiger partial charge in [0.1, 0.15) is 5.69 Å². The van der Waals surface area contributed by atoms with Gasteiger partial charge in [-0.05, 0) is 29.7 Å². The van der Waals surface area contributed by atoms with Crippen LogP contribution in [-0.4, -0.2) is 40.8 Å². The molecule has 1 saturated heterocycles. The Bertz CT molecular complexity index is 1040. The van der Waals surface area contributed by atoms with Gasteiger partial charge in [0.2, 0.25) is 0 Å². The number of benzene rings is 1. The monoisotopic (exact) mass is 487 g/mol. The minimum atomic E-state index is -4.62. The van der Waals surface area contributed by atoms with Gasteiger partial charge in [-0.3, -0.25) is 9.69 Å². The van der Waals surface area contributed by atoms with Gasteiger partial charge in [-0.15, -0.1) is 0 Å². The minimum Gasteiger partial charge on any atom is -0.312 e. The van der Waals surface area contributed by atoms with Gasteiger partial charge >= 0.3 is 18.4 Å². The van der Waals surface area contributed by atoms with Crippen molar-refractivity contribution in [3.8, 4) is 0 Å². The fourth-order valence-electron chi connectivity index (χ4n) is 3.87. The van der Waals surface area contributed by atoms with Crippen molar-refractivity contribution in [2.45, 2.75) is 45.1 Å². The fraction of sp³-hybridized carbons (Fsp3) is 0.435. The maximum absolute atomic E-state index is 13.1. The van der Waals surface area contributed by atoms with Gasteiger partial charge in [0.05, 0.1) is 30.0 Å². The SMILES string of the molecule is CCC(C)[C@H]1CN(c2ccc(C(F)(F)F)nc2)C(=O)N1CC(=O)Cc1cccc(C(F)(F)F)c1. The fourth-order valence-corrected chi connectivity index (χ4v) is 3.87. The molecule has 0 bridgehead atoms. The Kier molecular flexibility index (Phi) is 7.23. The van der Waals surface area contributed by atoms with Crippen molar-refractivity contribution < 1.29 is 35.9 Å². The van der Waals surface area contributed by atoms with Crippen LogP contribution in [-0.2, 0) is 23.6 Å². The van der Waals surface area contributed by atoms with E-state index in [0.717, 1.165) is 30.5 Å². The van der Waals surface area contributed by atoms with Gasteiger partial charge in [-0.1, -0.05) is 38.5 Å². The summed E-state index contributed by atoms with van der Waals surface area (Å²) in [6.45, 7) is 3.61. The molecule has 2 heterocycles. The molecule has 1 aromatic carbocycles. The maximum atomic E-state index is 13.1. The molecule has 1 aliphatic heterocycles. The first-order valence-corrected chi connectivity index (χ1v) is 10.6. The van der Waals surface area contributed by atoms with E-state index >= 15 is 0 Å². The van der Waals surface area contributed by atoms with E-state index in [9.17, 15) is 35.9 Å². The summed E-state index contributed by atoms with van der Waals surface area (Å²) < 4.78 is 77.3. The Labute approximate surface area is 192 Å². The van der Waals surface area contributed by atoms with Crippen LogP contribution >= 0.6 is 0 Å². The summed E-state index contributed by atoms with van der Waals surface area (Å²) >= 11 is 0. The van der Waals surface area contributed by atoms with Crippen LogP contribution in [0.5, 0.6) is 0 Å². The molecule has 184 valence electrons. The molecule has 0 spiro atoms. The summed E-state index contributed by atoms with van der Waals surface area (Å²) in [6.07, 6.45) is -7.81. The van der Waals surface area contributed by atoms with Crippen molar-refractivity contribution in [3.63, 3.8) is 0 Å². The van der Waals surface area contributed by atoms with Gasteiger partial charge in [0.15, 0.2) is 5.78 Å². The summed E-state index contributed by atoms with van der Waals surface area (Å²) in [5.74, 6) is -0.480. The van der Waals surface area contributed by atoms with Crippen LogP contribution in [0.2, 0.25) is 0 Å². The molecule has 11 heteroatoms. The van der Waals surface area contributed by atoms with E-state index in [0.29, 0.717) is 6.42 Å². The van der Waals surface area contributed by atoms with E-state index in [1.165, 1.54) is 21.9 Å². The molecule has 2 amide bonds. The van der Waals surface area contributed by atoms with E-state index < -0.39 is 41.5 Å². The lowest BCUT2D eigenvalue weighted by Gasteiger charge is -2.26. The number of halogens is 6. The predicted molar refractivity (Wildman–Crippen MR) is 112 cm³/mol. The number of carbonyl (C=O) groups is 2. The number of carbonyl (C=O) groups excluding carboxylic acids is 2. The van der Waals surface area contributed by atoms with E-state index in [1.807, 2.05) is 13.8 Å². The summed E-state index contributed by atoms with van der Waals surface area (Å²) in [7, 11) is 0. The van der Waals surface area contributed by atoms with Crippen LogP contribution < -0.4 is 4.90 Å². The zero-order valence-electron chi connectivity index (χ0n) is 18.5. The Balaban J connectivity index is 1.78. The topological polar surface area (TPSA) is 53.5 Å². The summed E-state index contributed by atoms with van der Waals surface area (Å²) in [5.41, 5.74) is -1.61. The summed E-state index contributed by atoms with van der Waals surface area (Å²) in [6, 6.07) is 5.40. The number of rotatable bonds is 7. The molecule has 1 fully saturated rings. The van der Waals surface area contributed by atoms with Gasteiger partial charge < -0.3 is 4.90 Å². The largest absolute Gasteiger partial charge is 0.433 e. The van der Waals surface area contributed by atoms with Crippen molar-refractivity contribution >= 4 is 17.5 Å². The first-order valence-electron chi connectivity index (χ1n) is 10.6. The predicted octanol–water partition coefficient (Wildman–Crippen LogP) is 5.59. The molecule has 0 aliphatic carbocycles. The Morgan fingerprint density at radius 2 is 1.82 bits per heavy atom. The minimum absolute atomic E-state index is 0.0299. The number of Topliss-reactive ketones (excluding diaryl/α,β-unsaturated/α-hetero) is 1. The van der Waals surface area contributed by atoms with Crippen molar-refractivity contribution in [1.82, 2.24) is 9.88 Å². The normalized spacial score (nSPS) is 17.9. The first-order chi connectivity index (χ1) is 15.8. The second kappa shape index (κ2) is 9.63. The third-order valence-electron chi connectivity index (χ3n) is 5.90. The maximum Gasteiger partial charge on any atom is 0.433 e. The average Bonchev–Trinajstić information content (AvgIpc) is 3.08. The number of hydrogen-bond acceptors (Lipinski definition) is 3. The second-order valence-corrected chi connectivity index (χ2v) is 8.29. The van der Waals surface area contributed by atoms with Gasteiger partial charge in [-0.25, -0.2) is 9.78 Å². The number of anilines is 1. The Morgan fingerprint density at radius 1 is 1.12 bits per heavy atom. The van der Waals surface area contributed by atoms with Gasteiger partial charge in [0.25, 0.3) is 0 Å². The van der Waals surface area contributed by atoms with E-state index in [-0.39, 0.29) is 36.7 Å². The van der Waals surface area contributed by atoms with Gasteiger partial charge in [0, 0.05) is 13.0 Å². The van der Waals surface area contributed by atoms with E-state index in [2.05, 4.69) is 4.98 Å². The van der Waals surface area contributed by atoms with E-state index in [4.69, 9.17) is 0 Å². The highest BCUT2D eigenvalue weighted by Gasteiger charge is 2.41. The molecule has 1 aliphatic rings. The van der Waals surface area contributed by atoms with Crippen LogP contribution in [0.15, 0.2) is 42.6 Å². The summed E-state index contributed by atoms with van der Waals surface area (Å²) in [4.78, 5) is 31.8. The van der Waals surface area contributed by atoms with Crippen molar-refractivity contribution in [1.29, 1.82) is 0 Å². The third-order valence-corrected chi connectivity index (χ3v) is 5.90. The smallest absolute Gasteiger partial charge is 0.312 e. The number of ketones is 1. The zero-order valence-corrected chi connectivity index (χ0v) is 18.5. The number of nitrogens with zero attached hydrogens (tertiary/aromatic N) is 3. The molecule has 1 aromatic heterocycles. The van der Waals surface area contributed by atoms with Crippen molar-refractivity contribution in [2.75, 3.05) is 18.0 Å². The Morgan fingerprint density at radius 3 is 2.38 bits per heavy atom. The number of amides is 2. The lowest BCUT2D eigenvalue weighted by Crippen LogP contribution is -2.42. The molecule has 1 unspecified atom stereocenters.